The molecule has 9 heteroatoms. The highest BCUT2D eigenvalue weighted by Crippen LogP contribution is 1.98. The van der Waals surface area contributed by atoms with Gasteiger partial charge in [0.2, 0.25) is 18.1 Å². The van der Waals surface area contributed by atoms with Gasteiger partial charge in [0.15, 0.2) is 5.96 Å². The van der Waals surface area contributed by atoms with Gasteiger partial charge in [0.05, 0.1) is 12.1 Å². The van der Waals surface area contributed by atoms with Crippen molar-refractivity contribution in [3.05, 3.63) is 0 Å². The molecule has 0 aliphatic rings. The van der Waals surface area contributed by atoms with E-state index in [2.05, 4.69) is 10.6 Å². The molecule has 0 aliphatic heterocycles. The molecule has 2 unspecified atom stereocenters. The van der Waals surface area contributed by atoms with E-state index < -0.39 is 23.9 Å². The number of carbonyl (C=O) groups is 2. The Morgan fingerprint density at radius 1 is 1.25 bits per heavy atom. The summed E-state index contributed by atoms with van der Waals surface area (Å²) in [6, 6.07) is -1.68. The van der Waals surface area contributed by atoms with Crippen LogP contribution in [0.1, 0.15) is 25.7 Å². The van der Waals surface area contributed by atoms with Gasteiger partial charge in [-0.05, 0) is 19.3 Å². The number of guanidine groups is 1. The lowest BCUT2D eigenvalue weighted by atomic mass is 10.1. The third-order valence-corrected chi connectivity index (χ3v) is 2.48. The number of hydrogen-bond donors (Lipinski definition) is 6. The van der Waals surface area contributed by atoms with Crippen molar-refractivity contribution in [2.24, 2.45) is 17.2 Å². The molecule has 0 heterocycles. The number of hydrogen-bond acceptors (Lipinski definition) is 5. The average molecular weight is 285 g/mol. The predicted octanol–water partition coefficient (Wildman–Crippen LogP) is -2.56. The summed E-state index contributed by atoms with van der Waals surface area (Å²) >= 11 is 0. The van der Waals surface area contributed by atoms with Gasteiger partial charge < -0.3 is 27.8 Å². The summed E-state index contributed by atoms with van der Waals surface area (Å²) in [6.07, 6.45) is 2.70. The highest BCUT2D eigenvalue weighted by molar-refractivity contribution is 5.85. The van der Waals surface area contributed by atoms with Gasteiger partial charge in [0.25, 0.3) is 0 Å². The van der Waals surface area contributed by atoms with E-state index in [1.54, 1.807) is 6.29 Å². The van der Waals surface area contributed by atoms with Crippen molar-refractivity contribution in [2.75, 3.05) is 6.54 Å². The number of primary amides is 1. The molecule has 2 atom stereocenters. The van der Waals surface area contributed by atoms with Crippen molar-refractivity contribution in [1.29, 1.82) is 5.41 Å². The van der Waals surface area contributed by atoms with Crippen molar-refractivity contribution in [3.8, 4) is 0 Å². The van der Waals surface area contributed by atoms with Crippen LogP contribution in [0.4, 0.5) is 0 Å². The third-order valence-electron chi connectivity index (χ3n) is 2.48. The number of amides is 2. The molecule has 0 saturated heterocycles. The smallest absolute Gasteiger partial charge is 0.237 e. The van der Waals surface area contributed by atoms with Crippen molar-refractivity contribution in [1.82, 2.24) is 10.6 Å². The average Bonchev–Trinajstić information content (AvgIpc) is 2.38. The highest BCUT2D eigenvalue weighted by atomic mass is 16.2. The molecule has 0 aromatic rings. The van der Waals surface area contributed by atoms with Crippen LogP contribution < -0.4 is 27.8 Å². The van der Waals surface area contributed by atoms with Crippen molar-refractivity contribution >= 4 is 24.1 Å². The van der Waals surface area contributed by atoms with Crippen LogP contribution in [0.3, 0.4) is 0 Å². The summed E-state index contributed by atoms with van der Waals surface area (Å²) < 4.78 is 0. The van der Waals surface area contributed by atoms with E-state index >= 15 is 0 Å². The summed E-state index contributed by atoms with van der Waals surface area (Å²) in [5.74, 6) is -1.23. The summed E-state index contributed by atoms with van der Waals surface area (Å²) in [6.45, 7) is 0.414. The highest BCUT2D eigenvalue weighted by Gasteiger charge is 2.18. The van der Waals surface area contributed by atoms with Crippen LogP contribution in [-0.4, -0.2) is 42.7 Å². The first-order valence-corrected chi connectivity index (χ1v) is 6.16. The van der Waals surface area contributed by atoms with E-state index in [0.29, 0.717) is 19.4 Å². The van der Waals surface area contributed by atoms with E-state index in [4.69, 9.17) is 22.6 Å². The zero-order valence-corrected chi connectivity index (χ0v) is 11.1. The van der Waals surface area contributed by atoms with Crippen LogP contribution in [0.5, 0.6) is 0 Å². The zero-order valence-electron chi connectivity index (χ0n) is 11.1. The van der Waals surface area contributed by atoms with Crippen molar-refractivity contribution in [2.45, 2.75) is 37.8 Å². The predicted molar refractivity (Wildman–Crippen MR) is 73.2 cm³/mol. The monoisotopic (exact) mass is 285 g/mol. The van der Waals surface area contributed by atoms with Crippen LogP contribution >= 0.6 is 0 Å². The standard InChI is InChI=1S/C11H21N6O3/c12-8(3-4-9(13)19)10(20)17-7(6-18)2-1-5-16-11(14)15/h7-8H,1-5,12H2,(H2,13,19)(H,17,20)(H4,14,15,16). The lowest BCUT2D eigenvalue weighted by molar-refractivity contribution is -0.123. The molecule has 0 saturated carbocycles. The number of nitrogens with one attached hydrogen (secondary N) is 3. The lowest BCUT2D eigenvalue weighted by Crippen LogP contribution is -2.46. The van der Waals surface area contributed by atoms with Gasteiger partial charge in [-0.2, -0.15) is 0 Å². The summed E-state index contributed by atoms with van der Waals surface area (Å²) in [5.41, 5.74) is 15.6. The maximum absolute atomic E-state index is 11.6. The first-order chi connectivity index (χ1) is 9.36. The van der Waals surface area contributed by atoms with Crippen LogP contribution in [0.15, 0.2) is 0 Å². The van der Waals surface area contributed by atoms with Crippen LogP contribution in [-0.2, 0) is 14.4 Å². The van der Waals surface area contributed by atoms with Gasteiger partial charge >= 0.3 is 0 Å². The summed E-state index contributed by atoms with van der Waals surface area (Å²) in [7, 11) is 0. The van der Waals surface area contributed by atoms with Gasteiger partial charge in [0, 0.05) is 13.0 Å². The molecule has 9 N–H and O–H groups in total. The SMILES string of the molecule is N=C(N)NCCCC([C]=O)NC(=O)C(N)CCC(N)=O. The van der Waals surface area contributed by atoms with E-state index in [1.165, 1.54) is 0 Å². The molecule has 113 valence electrons. The molecule has 9 nitrogen and oxygen atoms in total. The molecule has 0 aliphatic carbocycles. The minimum atomic E-state index is -0.895. The lowest BCUT2D eigenvalue weighted by Gasteiger charge is -2.16. The first kappa shape index (κ1) is 17.8. The van der Waals surface area contributed by atoms with E-state index in [-0.39, 0.29) is 18.8 Å². The Kier molecular flexibility index (Phi) is 8.68. The molecule has 0 bridgehead atoms. The topological polar surface area (TPSA) is 177 Å². The minimum absolute atomic E-state index is 0.00654. The van der Waals surface area contributed by atoms with Crippen LogP contribution in [0.2, 0.25) is 0 Å². The van der Waals surface area contributed by atoms with Gasteiger partial charge in [-0.1, -0.05) is 0 Å². The summed E-state index contributed by atoms with van der Waals surface area (Å²) in [4.78, 5) is 32.9. The quantitative estimate of drug-likeness (QED) is 0.146. The fourth-order valence-electron chi connectivity index (χ4n) is 1.40. The van der Waals surface area contributed by atoms with E-state index in [1.807, 2.05) is 0 Å². The largest absolute Gasteiger partial charge is 0.370 e. The maximum atomic E-state index is 11.6. The molecular formula is C11H21N6O3. The Morgan fingerprint density at radius 3 is 2.40 bits per heavy atom. The normalized spacial score (nSPS) is 13.1. The van der Waals surface area contributed by atoms with Gasteiger partial charge in [0.1, 0.15) is 0 Å². The second-order valence-corrected chi connectivity index (χ2v) is 4.27. The summed E-state index contributed by atoms with van der Waals surface area (Å²) in [5, 5.41) is 11.9. The third kappa shape index (κ3) is 8.86. The molecular weight excluding hydrogens is 264 g/mol. The molecule has 0 aromatic heterocycles. The number of rotatable bonds is 10. The second-order valence-electron chi connectivity index (χ2n) is 4.27. The van der Waals surface area contributed by atoms with E-state index in [0.717, 1.165) is 0 Å². The molecule has 0 aromatic carbocycles. The zero-order chi connectivity index (χ0) is 15.5. The van der Waals surface area contributed by atoms with Crippen molar-refractivity contribution in [3.63, 3.8) is 0 Å². The molecule has 0 fully saturated rings. The van der Waals surface area contributed by atoms with Crippen LogP contribution in [0, 0.1) is 5.41 Å². The number of carbonyl (C=O) groups excluding carboxylic acids is 3. The van der Waals surface area contributed by atoms with Crippen LogP contribution in [0.25, 0.3) is 0 Å². The second kappa shape index (κ2) is 9.73. The van der Waals surface area contributed by atoms with E-state index in [9.17, 15) is 14.4 Å². The van der Waals surface area contributed by atoms with Gasteiger partial charge in [-0.15, -0.1) is 0 Å². The molecule has 2 amide bonds. The van der Waals surface area contributed by atoms with Gasteiger partial charge in [-0.25, -0.2) is 0 Å². The van der Waals surface area contributed by atoms with Gasteiger partial charge in [-0.3, -0.25) is 19.8 Å². The molecule has 0 rings (SSSR count). The number of nitrogens with two attached hydrogens (primary N) is 3. The molecule has 1 radical (unpaired) electrons. The Morgan fingerprint density at radius 2 is 1.90 bits per heavy atom. The molecule has 0 spiro atoms. The minimum Gasteiger partial charge on any atom is -0.370 e. The Bertz CT molecular complexity index is 360. The Labute approximate surface area is 117 Å². The first-order valence-electron chi connectivity index (χ1n) is 6.16. The fraction of sp³-hybridized carbons (Fsp3) is 0.636. The Balaban J connectivity index is 4.01. The molecule has 20 heavy (non-hydrogen) atoms. The maximum Gasteiger partial charge on any atom is 0.237 e. The fourth-order valence-corrected chi connectivity index (χ4v) is 1.40. The van der Waals surface area contributed by atoms with Crippen molar-refractivity contribution < 1.29 is 14.4 Å². The Hall–Kier alpha value is -2.16.